The van der Waals surface area contributed by atoms with Crippen molar-refractivity contribution in [2.45, 2.75) is 32.4 Å². The minimum atomic E-state index is -1.08. The van der Waals surface area contributed by atoms with Crippen LogP contribution in [0.4, 0.5) is 10.5 Å². The third kappa shape index (κ3) is 6.28. The summed E-state index contributed by atoms with van der Waals surface area (Å²) in [6.07, 6.45) is -0.900. The Morgan fingerprint density at radius 1 is 1.14 bits per heavy atom. The molecule has 2 aromatic rings. The first-order valence-corrected chi connectivity index (χ1v) is 9.01. The molecule has 0 aliphatic heterocycles. The standard InChI is InChI=1S/C20H22ClN3O4/c1-12-8-9-15(21)11-16(12)23-18(25)13(2)28-19(26)17(24-20(22)27)10-14-6-4-3-5-7-14/h3-9,11,13,17H,10H2,1-2H3,(H,23,25)(H3,22,24,27)/t13-,17+/m1/s1. The summed E-state index contributed by atoms with van der Waals surface area (Å²) in [5.74, 6) is -1.27. The van der Waals surface area contributed by atoms with Crippen molar-refractivity contribution < 1.29 is 19.1 Å². The number of urea groups is 1. The van der Waals surface area contributed by atoms with Gasteiger partial charge in [0.1, 0.15) is 6.04 Å². The van der Waals surface area contributed by atoms with Gasteiger partial charge in [-0.3, -0.25) is 4.79 Å². The first-order chi connectivity index (χ1) is 13.3. The van der Waals surface area contributed by atoms with Crippen LogP contribution in [-0.4, -0.2) is 30.1 Å². The molecule has 0 heterocycles. The molecule has 0 saturated carbocycles. The third-order valence-electron chi connectivity index (χ3n) is 4.00. The van der Waals surface area contributed by atoms with Crippen molar-refractivity contribution in [1.29, 1.82) is 0 Å². The Hall–Kier alpha value is -3.06. The van der Waals surface area contributed by atoms with Crippen molar-refractivity contribution in [2.75, 3.05) is 5.32 Å². The van der Waals surface area contributed by atoms with Crippen LogP contribution in [0.15, 0.2) is 48.5 Å². The van der Waals surface area contributed by atoms with Crippen LogP contribution in [0.5, 0.6) is 0 Å². The fourth-order valence-electron chi connectivity index (χ4n) is 2.49. The van der Waals surface area contributed by atoms with Gasteiger partial charge >= 0.3 is 12.0 Å². The van der Waals surface area contributed by atoms with E-state index >= 15 is 0 Å². The molecule has 0 bridgehead atoms. The molecule has 0 saturated heterocycles. The van der Waals surface area contributed by atoms with Crippen LogP contribution in [0, 0.1) is 6.92 Å². The van der Waals surface area contributed by atoms with E-state index in [0.29, 0.717) is 10.7 Å². The van der Waals surface area contributed by atoms with Gasteiger partial charge in [0.2, 0.25) is 0 Å². The van der Waals surface area contributed by atoms with Gasteiger partial charge in [0, 0.05) is 17.1 Å². The highest BCUT2D eigenvalue weighted by atomic mass is 35.5. The number of nitrogens with two attached hydrogens (primary N) is 1. The third-order valence-corrected chi connectivity index (χ3v) is 4.24. The smallest absolute Gasteiger partial charge is 0.329 e. The fourth-order valence-corrected chi connectivity index (χ4v) is 2.66. The molecule has 0 radical (unpaired) electrons. The molecule has 0 spiro atoms. The van der Waals surface area contributed by atoms with Crippen LogP contribution in [0.25, 0.3) is 0 Å². The van der Waals surface area contributed by atoms with Crippen LogP contribution in [0.1, 0.15) is 18.1 Å². The number of ether oxygens (including phenoxy) is 1. The van der Waals surface area contributed by atoms with E-state index in [-0.39, 0.29) is 6.42 Å². The summed E-state index contributed by atoms with van der Waals surface area (Å²) in [4.78, 5) is 36.1. The van der Waals surface area contributed by atoms with E-state index < -0.39 is 30.1 Å². The van der Waals surface area contributed by atoms with Gasteiger partial charge in [0.05, 0.1) is 0 Å². The first-order valence-electron chi connectivity index (χ1n) is 8.63. The van der Waals surface area contributed by atoms with Crippen LogP contribution in [0.3, 0.4) is 0 Å². The number of carbonyl (C=O) groups is 3. The molecular formula is C20H22ClN3O4. The number of primary amides is 1. The van der Waals surface area contributed by atoms with Gasteiger partial charge in [-0.05, 0) is 37.1 Å². The van der Waals surface area contributed by atoms with Crippen molar-refractivity contribution in [2.24, 2.45) is 5.73 Å². The normalized spacial score (nSPS) is 12.5. The van der Waals surface area contributed by atoms with Gasteiger partial charge in [0.25, 0.3) is 5.91 Å². The summed E-state index contributed by atoms with van der Waals surface area (Å²) in [6.45, 7) is 3.26. The highest BCUT2D eigenvalue weighted by molar-refractivity contribution is 6.31. The highest BCUT2D eigenvalue weighted by Crippen LogP contribution is 2.20. The van der Waals surface area contributed by atoms with Gasteiger partial charge in [-0.15, -0.1) is 0 Å². The number of aryl methyl sites for hydroxylation is 1. The Morgan fingerprint density at radius 2 is 1.82 bits per heavy atom. The number of hydrogen-bond donors (Lipinski definition) is 3. The number of anilines is 1. The molecule has 0 aliphatic rings. The second kappa shape index (κ2) is 9.75. The molecule has 0 fully saturated rings. The predicted molar refractivity (Wildman–Crippen MR) is 107 cm³/mol. The summed E-state index contributed by atoms with van der Waals surface area (Å²) in [7, 11) is 0. The molecule has 3 amide bonds. The zero-order valence-electron chi connectivity index (χ0n) is 15.6. The zero-order chi connectivity index (χ0) is 20.7. The molecule has 8 heteroatoms. The minimum absolute atomic E-state index is 0.185. The average molecular weight is 404 g/mol. The summed E-state index contributed by atoms with van der Waals surface area (Å²) in [5.41, 5.74) is 7.31. The number of esters is 1. The Morgan fingerprint density at radius 3 is 2.46 bits per heavy atom. The summed E-state index contributed by atoms with van der Waals surface area (Å²) in [5, 5.41) is 5.50. The SMILES string of the molecule is Cc1ccc(Cl)cc1NC(=O)[C@@H](C)OC(=O)[C@H](Cc1ccccc1)NC(N)=O. The topological polar surface area (TPSA) is 111 Å². The molecule has 2 atom stereocenters. The molecule has 4 N–H and O–H groups in total. The number of nitrogens with one attached hydrogen (secondary N) is 2. The number of benzene rings is 2. The predicted octanol–water partition coefficient (Wildman–Crippen LogP) is 2.80. The minimum Gasteiger partial charge on any atom is -0.451 e. The van der Waals surface area contributed by atoms with E-state index in [1.165, 1.54) is 6.92 Å². The van der Waals surface area contributed by atoms with Crippen LogP contribution in [0.2, 0.25) is 5.02 Å². The molecule has 7 nitrogen and oxygen atoms in total. The number of rotatable bonds is 7. The molecule has 2 rings (SSSR count). The second-order valence-corrected chi connectivity index (χ2v) is 6.71. The van der Waals surface area contributed by atoms with Gasteiger partial charge in [-0.25, -0.2) is 9.59 Å². The average Bonchev–Trinajstić information content (AvgIpc) is 2.64. The second-order valence-electron chi connectivity index (χ2n) is 6.28. The van der Waals surface area contributed by atoms with Crippen LogP contribution < -0.4 is 16.4 Å². The van der Waals surface area contributed by atoms with Gasteiger partial charge in [-0.2, -0.15) is 0 Å². The van der Waals surface area contributed by atoms with Crippen molar-refractivity contribution in [1.82, 2.24) is 5.32 Å². The molecule has 28 heavy (non-hydrogen) atoms. The highest BCUT2D eigenvalue weighted by Gasteiger charge is 2.26. The Balaban J connectivity index is 2.03. The number of hydrogen-bond acceptors (Lipinski definition) is 4. The van der Waals surface area contributed by atoms with Crippen molar-refractivity contribution in [3.63, 3.8) is 0 Å². The van der Waals surface area contributed by atoms with Crippen LogP contribution >= 0.6 is 11.6 Å². The van der Waals surface area contributed by atoms with Crippen LogP contribution in [-0.2, 0) is 20.7 Å². The van der Waals surface area contributed by atoms with E-state index in [9.17, 15) is 14.4 Å². The summed E-state index contributed by atoms with van der Waals surface area (Å²) >= 11 is 5.94. The number of halogens is 1. The lowest BCUT2D eigenvalue weighted by Gasteiger charge is -2.20. The molecular weight excluding hydrogens is 382 g/mol. The fraction of sp³-hybridized carbons (Fsp3) is 0.250. The Bertz CT molecular complexity index is 858. The largest absolute Gasteiger partial charge is 0.451 e. The molecule has 0 unspecified atom stereocenters. The maximum Gasteiger partial charge on any atom is 0.329 e. The van der Waals surface area contributed by atoms with Crippen molar-refractivity contribution >= 4 is 35.2 Å². The number of carbonyl (C=O) groups excluding carboxylic acids is 3. The van der Waals surface area contributed by atoms with E-state index in [2.05, 4.69) is 10.6 Å². The van der Waals surface area contributed by atoms with E-state index in [4.69, 9.17) is 22.1 Å². The summed E-state index contributed by atoms with van der Waals surface area (Å²) in [6, 6.07) is 12.3. The monoisotopic (exact) mass is 403 g/mol. The first kappa shape index (κ1) is 21.2. The Labute approximate surface area is 168 Å². The Kier molecular flexibility index (Phi) is 7.40. The molecule has 148 valence electrons. The summed E-state index contributed by atoms with van der Waals surface area (Å²) < 4.78 is 5.24. The lowest BCUT2D eigenvalue weighted by Crippen LogP contribution is -2.47. The quantitative estimate of drug-likeness (QED) is 0.617. The van der Waals surface area contributed by atoms with Gasteiger partial charge < -0.3 is 21.1 Å². The van der Waals surface area contributed by atoms with E-state index in [1.54, 1.807) is 30.3 Å². The number of amides is 3. The van der Waals surface area contributed by atoms with Gasteiger partial charge in [-0.1, -0.05) is 48.0 Å². The zero-order valence-corrected chi connectivity index (χ0v) is 16.3. The maximum absolute atomic E-state index is 12.5. The van der Waals surface area contributed by atoms with E-state index in [0.717, 1.165) is 11.1 Å². The van der Waals surface area contributed by atoms with E-state index in [1.807, 2.05) is 25.1 Å². The molecule has 0 aromatic heterocycles. The molecule has 2 aromatic carbocycles. The lowest BCUT2D eigenvalue weighted by atomic mass is 10.1. The molecule has 0 aliphatic carbocycles. The van der Waals surface area contributed by atoms with Crippen molar-refractivity contribution in [3.05, 3.63) is 64.7 Å². The maximum atomic E-state index is 12.5. The van der Waals surface area contributed by atoms with Gasteiger partial charge in [0.15, 0.2) is 6.10 Å². The lowest BCUT2D eigenvalue weighted by molar-refractivity contribution is -0.155. The van der Waals surface area contributed by atoms with Crippen molar-refractivity contribution in [3.8, 4) is 0 Å².